The molecule has 1 aliphatic rings. The topological polar surface area (TPSA) is 59.4 Å². The Balaban J connectivity index is 1.31. The quantitative estimate of drug-likeness (QED) is 0.630. The molecule has 0 spiro atoms. The summed E-state index contributed by atoms with van der Waals surface area (Å²) in [6, 6.07) is 15.7. The van der Waals surface area contributed by atoms with Crippen molar-refractivity contribution >= 4 is 17.5 Å². The lowest BCUT2D eigenvalue weighted by atomic mass is 10.1. The lowest BCUT2D eigenvalue weighted by Crippen LogP contribution is -2.44. The number of aromatic nitrogens is 2. The number of rotatable bonds is 6. The van der Waals surface area contributed by atoms with Gasteiger partial charge in [-0.15, -0.1) is 0 Å². The second kappa shape index (κ2) is 9.64. The zero-order chi connectivity index (χ0) is 21.8. The molecule has 1 saturated heterocycles. The molecule has 0 aliphatic carbocycles. The smallest absolute Gasteiger partial charge is 0.254 e. The molecule has 4 rings (SSSR count). The Morgan fingerprint density at radius 3 is 2.55 bits per heavy atom. The molecular formula is C24H27ClN4O2. The number of hydrogen-bond donors (Lipinski definition) is 1. The lowest BCUT2D eigenvalue weighted by molar-refractivity contribution is -0.0704. The molecule has 0 saturated carbocycles. The first-order valence-electron chi connectivity index (χ1n) is 10.5. The second-order valence-electron chi connectivity index (χ2n) is 8.10. The fraction of sp³-hybridized carbons (Fsp3) is 0.333. The average molecular weight is 439 g/mol. The summed E-state index contributed by atoms with van der Waals surface area (Å²) in [6.07, 6.45) is 3.79. The van der Waals surface area contributed by atoms with Gasteiger partial charge < -0.3 is 10.1 Å². The van der Waals surface area contributed by atoms with Gasteiger partial charge in [0, 0.05) is 37.4 Å². The Bertz CT molecular complexity index is 1020. The minimum Gasteiger partial charge on any atom is -0.373 e. The molecule has 2 atom stereocenters. The van der Waals surface area contributed by atoms with E-state index < -0.39 is 0 Å². The monoisotopic (exact) mass is 438 g/mol. The van der Waals surface area contributed by atoms with Crippen LogP contribution in [0.4, 0.5) is 0 Å². The molecule has 1 fully saturated rings. The Labute approximate surface area is 187 Å². The van der Waals surface area contributed by atoms with Gasteiger partial charge in [-0.2, -0.15) is 5.10 Å². The van der Waals surface area contributed by atoms with Gasteiger partial charge in [-0.3, -0.25) is 9.69 Å². The predicted octanol–water partition coefficient (Wildman–Crippen LogP) is 4.06. The fourth-order valence-electron chi connectivity index (χ4n) is 3.92. The highest BCUT2D eigenvalue weighted by Crippen LogP contribution is 2.16. The van der Waals surface area contributed by atoms with Gasteiger partial charge in [0.25, 0.3) is 5.91 Å². The number of benzene rings is 2. The van der Waals surface area contributed by atoms with Crippen LogP contribution in [0, 0.1) is 0 Å². The van der Waals surface area contributed by atoms with Crippen LogP contribution in [-0.2, 0) is 17.8 Å². The maximum atomic E-state index is 12.5. The number of carbonyl (C=O) groups excluding carboxylic acids is 1. The summed E-state index contributed by atoms with van der Waals surface area (Å²) < 4.78 is 7.44. The van der Waals surface area contributed by atoms with Gasteiger partial charge in [0.1, 0.15) is 0 Å². The van der Waals surface area contributed by atoms with Crippen molar-refractivity contribution in [2.45, 2.75) is 39.1 Å². The minimum absolute atomic E-state index is 0.159. The van der Waals surface area contributed by atoms with Crippen LogP contribution < -0.4 is 5.32 Å². The van der Waals surface area contributed by atoms with E-state index in [0.29, 0.717) is 17.1 Å². The van der Waals surface area contributed by atoms with Crippen LogP contribution >= 0.6 is 11.6 Å². The molecule has 2 aromatic carbocycles. The minimum atomic E-state index is -0.159. The normalized spacial score (nSPS) is 19.3. The number of carbonyl (C=O) groups is 1. The average Bonchev–Trinajstić information content (AvgIpc) is 3.23. The summed E-state index contributed by atoms with van der Waals surface area (Å²) in [7, 11) is 0. The first-order chi connectivity index (χ1) is 15.0. The van der Waals surface area contributed by atoms with Crippen molar-refractivity contribution in [2.75, 3.05) is 13.1 Å². The van der Waals surface area contributed by atoms with Gasteiger partial charge in [0.2, 0.25) is 0 Å². The highest BCUT2D eigenvalue weighted by Gasteiger charge is 2.21. The molecule has 6 nitrogen and oxygen atoms in total. The van der Waals surface area contributed by atoms with Crippen LogP contribution in [0.3, 0.4) is 0 Å². The maximum Gasteiger partial charge on any atom is 0.254 e. The fourth-order valence-corrected chi connectivity index (χ4v) is 4.10. The molecule has 0 bridgehead atoms. The molecular weight excluding hydrogens is 412 g/mol. The zero-order valence-electron chi connectivity index (χ0n) is 17.8. The Hall–Kier alpha value is -2.67. The Morgan fingerprint density at radius 2 is 1.84 bits per heavy atom. The van der Waals surface area contributed by atoms with Gasteiger partial charge in [-0.05, 0) is 43.2 Å². The van der Waals surface area contributed by atoms with Crippen molar-refractivity contribution < 1.29 is 9.53 Å². The largest absolute Gasteiger partial charge is 0.373 e. The van der Waals surface area contributed by atoms with Crippen LogP contribution in [-0.4, -0.2) is 45.9 Å². The molecule has 7 heteroatoms. The molecule has 0 radical (unpaired) electrons. The Morgan fingerprint density at radius 1 is 1.13 bits per heavy atom. The van der Waals surface area contributed by atoms with Gasteiger partial charge in [0.15, 0.2) is 0 Å². The van der Waals surface area contributed by atoms with E-state index in [1.807, 2.05) is 12.1 Å². The number of amides is 1. The lowest BCUT2D eigenvalue weighted by Gasteiger charge is -2.35. The van der Waals surface area contributed by atoms with Crippen LogP contribution in [0.2, 0.25) is 5.02 Å². The van der Waals surface area contributed by atoms with Crippen LogP contribution in [0.1, 0.15) is 35.3 Å². The number of nitrogens with one attached hydrogen (secondary N) is 1. The molecule has 31 heavy (non-hydrogen) atoms. The standard InChI is InChI=1S/C24H27ClN4O2/c1-17-13-28(14-18(2)31-17)15-20-8-6-19(7-9-20)11-26-24(30)21-12-27-29(16-21)23-5-3-4-22(25)10-23/h3-10,12,16-18H,11,13-15H2,1-2H3,(H,26,30). The van der Waals surface area contributed by atoms with E-state index in [1.54, 1.807) is 29.2 Å². The first kappa shape index (κ1) is 21.6. The summed E-state index contributed by atoms with van der Waals surface area (Å²) in [5.41, 5.74) is 3.64. The molecule has 162 valence electrons. The van der Waals surface area contributed by atoms with Crippen molar-refractivity contribution in [3.05, 3.63) is 82.6 Å². The van der Waals surface area contributed by atoms with E-state index in [-0.39, 0.29) is 18.1 Å². The van der Waals surface area contributed by atoms with Gasteiger partial charge >= 0.3 is 0 Å². The molecule has 1 amide bonds. The summed E-state index contributed by atoms with van der Waals surface area (Å²) in [5, 5.41) is 7.85. The van der Waals surface area contributed by atoms with E-state index in [9.17, 15) is 4.79 Å². The van der Waals surface area contributed by atoms with E-state index in [1.165, 1.54) is 5.56 Å². The summed E-state index contributed by atoms with van der Waals surface area (Å²) in [4.78, 5) is 14.9. The van der Waals surface area contributed by atoms with Crippen molar-refractivity contribution in [1.29, 1.82) is 0 Å². The predicted molar refractivity (Wildman–Crippen MR) is 121 cm³/mol. The second-order valence-corrected chi connectivity index (χ2v) is 8.54. The van der Waals surface area contributed by atoms with Crippen LogP contribution in [0.5, 0.6) is 0 Å². The van der Waals surface area contributed by atoms with E-state index in [0.717, 1.165) is 30.9 Å². The number of halogens is 1. The Kier molecular flexibility index (Phi) is 6.70. The number of ether oxygens (including phenoxy) is 1. The molecule has 2 unspecified atom stereocenters. The maximum absolute atomic E-state index is 12.5. The van der Waals surface area contributed by atoms with E-state index >= 15 is 0 Å². The van der Waals surface area contributed by atoms with Crippen LogP contribution in [0.25, 0.3) is 5.69 Å². The number of nitrogens with zero attached hydrogens (tertiary/aromatic N) is 3. The summed E-state index contributed by atoms with van der Waals surface area (Å²) in [5.74, 6) is -0.159. The summed E-state index contributed by atoms with van der Waals surface area (Å²) >= 11 is 6.03. The van der Waals surface area contributed by atoms with E-state index in [2.05, 4.69) is 53.4 Å². The number of morpholine rings is 1. The molecule has 2 heterocycles. The van der Waals surface area contributed by atoms with Crippen molar-refractivity contribution in [2.24, 2.45) is 0 Å². The third kappa shape index (κ3) is 5.73. The molecule has 3 aromatic rings. The van der Waals surface area contributed by atoms with Crippen molar-refractivity contribution in [1.82, 2.24) is 20.0 Å². The zero-order valence-corrected chi connectivity index (χ0v) is 18.5. The molecule has 1 aromatic heterocycles. The SMILES string of the molecule is CC1CN(Cc2ccc(CNC(=O)c3cnn(-c4cccc(Cl)c4)c3)cc2)CC(C)O1. The third-order valence-corrected chi connectivity index (χ3v) is 5.53. The van der Waals surface area contributed by atoms with Gasteiger partial charge in [-0.25, -0.2) is 4.68 Å². The van der Waals surface area contributed by atoms with Gasteiger partial charge in [0.05, 0.1) is 29.7 Å². The first-order valence-corrected chi connectivity index (χ1v) is 10.9. The van der Waals surface area contributed by atoms with Crippen molar-refractivity contribution in [3.63, 3.8) is 0 Å². The van der Waals surface area contributed by atoms with Crippen LogP contribution in [0.15, 0.2) is 60.9 Å². The molecule has 1 aliphatic heterocycles. The van der Waals surface area contributed by atoms with E-state index in [4.69, 9.17) is 16.3 Å². The number of hydrogen-bond acceptors (Lipinski definition) is 4. The third-order valence-electron chi connectivity index (χ3n) is 5.29. The van der Waals surface area contributed by atoms with Crippen molar-refractivity contribution in [3.8, 4) is 5.69 Å². The highest BCUT2D eigenvalue weighted by molar-refractivity contribution is 6.30. The summed E-state index contributed by atoms with van der Waals surface area (Å²) in [6.45, 7) is 7.51. The molecule has 1 N–H and O–H groups in total. The highest BCUT2D eigenvalue weighted by atomic mass is 35.5. The van der Waals surface area contributed by atoms with Gasteiger partial charge in [-0.1, -0.05) is 41.9 Å².